The summed E-state index contributed by atoms with van der Waals surface area (Å²) >= 11 is 1.12. The van der Waals surface area contributed by atoms with E-state index in [0.717, 1.165) is 27.9 Å². The molecule has 0 spiro atoms. The molecule has 2 aromatic rings. The summed E-state index contributed by atoms with van der Waals surface area (Å²) < 4.78 is 31.8. The van der Waals surface area contributed by atoms with E-state index in [2.05, 4.69) is 67.6 Å². The summed E-state index contributed by atoms with van der Waals surface area (Å²) in [4.78, 5) is 0. The molecule has 0 saturated heterocycles. The van der Waals surface area contributed by atoms with Gasteiger partial charge in [-0.2, -0.15) is 8.42 Å². The van der Waals surface area contributed by atoms with Gasteiger partial charge in [0.1, 0.15) is 0 Å². The molecule has 0 aliphatic carbocycles. The van der Waals surface area contributed by atoms with E-state index in [1.54, 1.807) is 0 Å². The summed E-state index contributed by atoms with van der Waals surface area (Å²) in [6, 6.07) is 21.5. The van der Waals surface area contributed by atoms with Crippen LogP contribution in [0, 0.1) is 0 Å². The fourth-order valence-electron chi connectivity index (χ4n) is 1.88. The average molecular weight is 302 g/mol. The maximum Gasteiger partial charge on any atom is 0.394 e. The van der Waals surface area contributed by atoms with Crippen molar-refractivity contribution in [3.63, 3.8) is 0 Å². The Kier molecular flexibility index (Phi) is 6.39. The summed E-state index contributed by atoms with van der Waals surface area (Å²) in [5.74, 6) is 0. The van der Waals surface area contributed by atoms with Crippen molar-refractivity contribution in [2.75, 3.05) is 0 Å². The summed E-state index contributed by atoms with van der Waals surface area (Å²) in [7, 11) is -4.67. The molecule has 0 aromatic heterocycles. The zero-order valence-electron chi connectivity index (χ0n) is 11.4. The second-order valence-electron chi connectivity index (χ2n) is 4.80. The Bertz CT molecular complexity index is 575. The van der Waals surface area contributed by atoms with Crippen molar-refractivity contribution in [1.82, 2.24) is 0 Å². The molecule has 102 valence electrons. The summed E-state index contributed by atoms with van der Waals surface area (Å²) in [5.41, 5.74) is 2.84. The van der Waals surface area contributed by atoms with E-state index in [4.69, 9.17) is 17.5 Å². The third kappa shape index (κ3) is 6.17. The third-order valence-electron chi connectivity index (χ3n) is 2.99. The van der Waals surface area contributed by atoms with Crippen LogP contribution in [0.1, 0.15) is 18.1 Å². The second-order valence-corrected chi connectivity index (χ2v) is 7.70. The number of hydrogen-bond donors (Lipinski definition) is 2. The predicted molar refractivity (Wildman–Crippen MR) is 79.3 cm³/mol. The van der Waals surface area contributed by atoms with Crippen LogP contribution in [0.25, 0.3) is 0 Å². The number of rotatable bonds is 2. The molecule has 0 saturated carbocycles. The summed E-state index contributed by atoms with van der Waals surface area (Å²) in [6.45, 7) is 2.32. The molecule has 0 bridgehead atoms. The molecule has 2 rings (SSSR count). The van der Waals surface area contributed by atoms with Crippen molar-refractivity contribution >= 4 is 38.3 Å². The van der Waals surface area contributed by atoms with Crippen LogP contribution >= 0.6 is 0 Å². The minimum atomic E-state index is -4.67. The second kappa shape index (κ2) is 7.36. The third-order valence-corrected chi connectivity index (χ3v) is 4.15. The van der Waals surface area contributed by atoms with E-state index < -0.39 is 10.4 Å². The summed E-state index contributed by atoms with van der Waals surface area (Å²) in [5, 5.41) is 0. The number of hydrogen-bond acceptors (Lipinski definition) is 2. The first-order valence-electron chi connectivity index (χ1n) is 6.02. The topological polar surface area (TPSA) is 74.6 Å². The van der Waals surface area contributed by atoms with Gasteiger partial charge >= 0.3 is 120 Å². The zero-order valence-corrected chi connectivity index (χ0v) is 14.2. The van der Waals surface area contributed by atoms with Gasteiger partial charge in [-0.1, -0.05) is 0 Å². The van der Waals surface area contributed by atoms with E-state index in [0.29, 0.717) is 0 Å². The minimum Gasteiger partial charge on any atom is -0.264 e. The van der Waals surface area contributed by atoms with Crippen LogP contribution in [-0.2, 0) is 13.1 Å². The zero-order chi connectivity index (χ0) is 15.2. The molecule has 0 unspecified atom stereocenters. The standard InChI is InChI=1S/C14H13.Na.H2O4S/c1-12(13-8-4-2-5-9-13)14-10-6-3-7-11-14;;1-5(2,3)4/h2-11H,1H3;;(H2,1,2,3,4). The van der Waals surface area contributed by atoms with Crippen molar-refractivity contribution < 1.29 is 17.5 Å². The van der Waals surface area contributed by atoms with Gasteiger partial charge in [-0.05, 0) is 0 Å². The Morgan fingerprint density at radius 2 is 1.10 bits per heavy atom. The molecule has 0 fully saturated rings. The SMILES string of the molecule is C[C]([Na])(c1ccccc1)c1ccccc1.O=S(=O)(O)O. The molecule has 0 aliphatic rings. The van der Waals surface area contributed by atoms with Crippen LogP contribution in [0.15, 0.2) is 60.7 Å². The number of benzene rings is 2. The Labute approximate surface area is 136 Å². The molecule has 0 atom stereocenters. The van der Waals surface area contributed by atoms with Crippen molar-refractivity contribution in [3.8, 4) is 0 Å². The summed E-state index contributed by atoms with van der Waals surface area (Å²) in [6.07, 6.45) is 0. The first kappa shape index (κ1) is 17.4. The molecule has 6 heteroatoms. The van der Waals surface area contributed by atoms with Crippen molar-refractivity contribution in [3.05, 3.63) is 71.8 Å². The average Bonchev–Trinajstić information content (AvgIpc) is 2.39. The Hall–Kier alpha value is -0.690. The molecule has 0 aliphatic heterocycles. The molecule has 20 heavy (non-hydrogen) atoms. The van der Waals surface area contributed by atoms with Gasteiger partial charge in [0.15, 0.2) is 0 Å². The van der Waals surface area contributed by atoms with Gasteiger partial charge in [-0.15, -0.1) is 0 Å². The van der Waals surface area contributed by atoms with Gasteiger partial charge < -0.3 is 0 Å². The van der Waals surface area contributed by atoms with Crippen molar-refractivity contribution in [2.45, 2.75) is 9.59 Å². The van der Waals surface area contributed by atoms with E-state index >= 15 is 0 Å². The predicted octanol–water partition coefficient (Wildman–Crippen LogP) is 2.47. The van der Waals surface area contributed by atoms with Crippen molar-refractivity contribution in [1.29, 1.82) is 0 Å². The van der Waals surface area contributed by atoms with Gasteiger partial charge in [-0.25, -0.2) is 0 Å². The van der Waals surface area contributed by atoms with Crippen LogP contribution in [-0.4, -0.2) is 45.5 Å². The quantitative estimate of drug-likeness (QED) is 0.660. The molecular weight excluding hydrogens is 287 g/mol. The Balaban J connectivity index is 0.000000347. The molecule has 2 aromatic carbocycles. The van der Waals surface area contributed by atoms with Gasteiger partial charge in [0.25, 0.3) is 0 Å². The Morgan fingerprint density at radius 3 is 1.35 bits per heavy atom. The van der Waals surface area contributed by atoms with E-state index in [-0.39, 0.29) is 2.66 Å². The molecule has 0 heterocycles. The van der Waals surface area contributed by atoms with Crippen LogP contribution in [0.3, 0.4) is 0 Å². The normalized spacial score (nSPS) is 11.4. The molecule has 0 radical (unpaired) electrons. The van der Waals surface area contributed by atoms with Crippen LogP contribution < -0.4 is 0 Å². The van der Waals surface area contributed by atoms with Gasteiger partial charge in [-0.3, -0.25) is 9.11 Å². The molecular formula is C14H15NaO4S. The maximum atomic E-state index is 8.74. The van der Waals surface area contributed by atoms with Crippen LogP contribution in [0.4, 0.5) is 0 Å². The van der Waals surface area contributed by atoms with Gasteiger partial charge in [0.05, 0.1) is 0 Å². The minimum absolute atomic E-state index is 0.225. The van der Waals surface area contributed by atoms with Gasteiger partial charge in [0.2, 0.25) is 0 Å². The van der Waals surface area contributed by atoms with E-state index in [9.17, 15) is 0 Å². The van der Waals surface area contributed by atoms with Gasteiger partial charge in [0, 0.05) is 0 Å². The van der Waals surface area contributed by atoms with Crippen molar-refractivity contribution in [2.24, 2.45) is 0 Å². The van der Waals surface area contributed by atoms with E-state index in [1.165, 1.54) is 11.1 Å². The fraction of sp³-hybridized carbons (Fsp3) is 0.143. The largest absolute Gasteiger partial charge is 0.394 e. The maximum absolute atomic E-state index is 8.74. The van der Waals surface area contributed by atoms with E-state index in [1.807, 2.05) is 0 Å². The Morgan fingerprint density at radius 1 is 0.850 bits per heavy atom. The van der Waals surface area contributed by atoms with Crippen LogP contribution in [0.2, 0.25) is 0 Å². The monoisotopic (exact) mass is 302 g/mol. The van der Waals surface area contributed by atoms with Crippen LogP contribution in [0.5, 0.6) is 0 Å². The molecule has 4 nitrogen and oxygen atoms in total. The smallest absolute Gasteiger partial charge is 0.264 e. The first-order valence-corrected chi connectivity index (χ1v) is 8.42. The molecule has 2 N–H and O–H groups in total. The fourth-order valence-corrected chi connectivity index (χ4v) is 2.54. The first-order chi connectivity index (χ1) is 9.21. The molecule has 0 amide bonds.